The molecule has 1 rings (SSSR count). The number of aliphatic carboxylic acids is 1. The van der Waals surface area contributed by atoms with Crippen molar-refractivity contribution >= 4 is 11.9 Å². The second-order valence-electron chi connectivity index (χ2n) is 4.81. The molecular weight excluding hydrogens is 248 g/mol. The van der Waals surface area contributed by atoms with E-state index in [1.165, 1.54) is 0 Å². The maximum Gasteiger partial charge on any atom is 0.308 e. The van der Waals surface area contributed by atoms with Gasteiger partial charge in [-0.05, 0) is 19.3 Å². The van der Waals surface area contributed by atoms with E-state index in [1.807, 2.05) is 20.8 Å². The molecule has 1 heterocycles. The Balaban J connectivity index is 2.75. The molecule has 19 heavy (non-hydrogen) atoms. The van der Waals surface area contributed by atoms with Gasteiger partial charge >= 0.3 is 5.97 Å². The number of nitrogens with one attached hydrogen (secondary N) is 1. The van der Waals surface area contributed by atoms with E-state index in [1.54, 1.807) is 6.92 Å². The van der Waals surface area contributed by atoms with Gasteiger partial charge in [-0.1, -0.05) is 25.9 Å². The van der Waals surface area contributed by atoms with Crippen molar-refractivity contribution in [3.63, 3.8) is 0 Å². The zero-order valence-corrected chi connectivity index (χ0v) is 11.7. The first-order valence-corrected chi connectivity index (χ1v) is 6.34. The maximum atomic E-state index is 12.1. The van der Waals surface area contributed by atoms with E-state index in [0.29, 0.717) is 23.4 Å². The highest BCUT2D eigenvalue weighted by Gasteiger charge is 2.24. The molecule has 6 nitrogen and oxygen atoms in total. The predicted molar refractivity (Wildman–Crippen MR) is 68.9 cm³/mol. The van der Waals surface area contributed by atoms with Gasteiger partial charge in [0, 0.05) is 6.54 Å². The summed E-state index contributed by atoms with van der Waals surface area (Å²) < 4.78 is 4.98. The maximum absolute atomic E-state index is 12.1. The third-order valence-corrected chi connectivity index (χ3v) is 3.10. The van der Waals surface area contributed by atoms with E-state index >= 15 is 0 Å². The van der Waals surface area contributed by atoms with Gasteiger partial charge in [0.1, 0.15) is 11.3 Å². The molecule has 0 saturated heterocycles. The Labute approximate surface area is 112 Å². The van der Waals surface area contributed by atoms with Crippen LogP contribution in [0.4, 0.5) is 0 Å². The van der Waals surface area contributed by atoms with Gasteiger partial charge in [-0.15, -0.1) is 0 Å². The molecule has 0 aliphatic heterocycles. The number of carboxylic acid groups (broad SMARTS) is 1. The number of hydrogen-bond donors (Lipinski definition) is 2. The second kappa shape index (κ2) is 6.36. The van der Waals surface area contributed by atoms with E-state index in [-0.39, 0.29) is 18.4 Å². The molecule has 1 aromatic heterocycles. The number of nitrogens with zero attached hydrogens (tertiary/aromatic N) is 1. The first-order chi connectivity index (χ1) is 8.88. The Morgan fingerprint density at radius 2 is 2.05 bits per heavy atom. The first-order valence-electron chi connectivity index (χ1n) is 6.34. The second-order valence-corrected chi connectivity index (χ2v) is 4.81. The van der Waals surface area contributed by atoms with Gasteiger partial charge in [-0.2, -0.15) is 0 Å². The van der Waals surface area contributed by atoms with Crippen LogP contribution in [0.15, 0.2) is 4.52 Å². The lowest BCUT2D eigenvalue weighted by Crippen LogP contribution is -2.36. The van der Waals surface area contributed by atoms with Gasteiger partial charge in [0.2, 0.25) is 0 Å². The fraction of sp³-hybridized carbons (Fsp3) is 0.615. The Bertz CT molecular complexity index is 465. The Hall–Kier alpha value is -1.85. The number of hydrogen-bond acceptors (Lipinski definition) is 4. The zero-order chi connectivity index (χ0) is 14.6. The predicted octanol–water partition coefficient (Wildman–Crippen LogP) is 1.63. The molecule has 0 radical (unpaired) electrons. The largest absolute Gasteiger partial charge is 0.481 e. The molecule has 0 aromatic carbocycles. The molecule has 1 atom stereocenters. The first kappa shape index (κ1) is 15.2. The summed E-state index contributed by atoms with van der Waals surface area (Å²) in [5.74, 6) is -1.44. The van der Waals surface area contributed by atoms with Gasteiger partial charge in [0.15, 0.2) is 0 Å². The van der Waals surface area contributed by atoms with Crippen molar-refractivity contribution in [2.45, 2.75) is 34.1 Å². The summed E-state index contributed by atoms with van der Waals surface area (Å²) in [4.78, 5) is 23.1. The van der Waals surface area contributed by atoms with Crippen LogP contribution in [0.5, 0.6) is 0 Å². The van der Waals surface area contributed by atoms with E-state index < -0.39 is 11.9 Å². The molecule has 0 bridgehead atoms. The van der Waals surface area contributed by atoms with Crippen molar-refractivity contribution in [3.05, 3.63) is 17.0 Å². The number of aryl methyl sites for hydroxylation is 2. The monoisotopic (exact) mass is 268 g/mol. The number of carboxylic acids is 1. The molecule has 0 spiro atoms. The van der Waals surface area contributed by atoms with Crippen molar-refractivity contribution in [1.29, 1.82) is 0 Å². The van der Waals surface area contributed by atoms with Crippen LogP contribution in [-0.4, -0.2) is 28.7 Å². The molecule has 6 heteroatoms. The summed E-state index contributed by atoms with van der Waals surface area (Å²) in [5.41, 5.74) is 1.00. The lowest BCUT2D eigenvalue weighted by atomic mass is 9.96. The van der Waals surface area contributed by atoms with E-state index in [2.05, 4.69) is 10.5 Å². The van der Waals surface area contributed by atoms with Gasteiger partial charge in [0.25, 0.3) is 5.91 Å². The van der Waals surface area contributed by atoms with Crippen LogP contribution < -0.4 is 5.32 Å². The van der Waals surface area contributed by atoms with Gasteiger partial charge in [0.05, 0.1) is 11.6 Å². The summed E-state index contributed by atoms with van der Waals surface area (Å²) in [6.07, 6.45) is 0.590. The number of rotatable bonds is 6. The van der Waals surface area contributed by atoms with E-state index in [9.17, 15) is 9.59 Å². The zero-order valence-electron chi connectivity index (χ0n) is 11.7. The number of amides is 1. The summed E-state index contributed by atoms with van der Waals surface area (Å²) in [5, 5.41) is 15.5. The smallest absolute Gasteiger partial charge is 0.308 e. The number of carbonyl (C=O) groups is 2. The average Bonchev–Trinajstić information content (AvgIpc) is 2.69. The minimum atomic E-state index is -0.909. The molecular formula is C13H20N2O4. The van der Waals surface area contributed by atoms with Crippen molar-refractivity contribution < 1.29 is 19.2 Å². The number of carbonyl (C=O) groups excluding carboxylic acids is 1. The Morgan fingerprint density at radius 1 is 1.42 bits per heavy atom. The van der Waals surface area contributed by atoms with Gasteiger partial charge in [-0.3, -0.25) is 9.59 Å². The Kier molecular flexibility index (Phi) is 5.09. The third kappa shape index (κ3) is 3.56. The van der Waals surface area contributed by atoms with Crippen molar-refractivity contribution in [3.8, 4) is 0 Å². The normalized spacial score (nSPS) is 12.5. The molecule has 106 valence electrons. The van der Waals surface area contributed by atoms with Crippen LogP contribution in [0.1, 0.15) is 42.6 Å². The molecule has 1 amide bonds. The van der Waals surface area contributed by atoms with Crippen LogP contribution in [0.2, 0.25) is 0 Å². The number of aromatic nitrogens is 1. The van der Waals surface area contributed by atoms with Crippen LogP contribution in [-0.2, 0) is 11.2 Å². The highest BCUT2D eigenvalue weighted by molar-refractivity contribution is 5.96. The van der Waals surface area contributed by atoms with Crippen LogP contribution in [0.3, 0.4) is 0 Å². The van der Waals surface area contributed by atoms with Crippen molar-refractivity contribution in [1.82, 2.24) is 10.5 Å². The fourth-order valence-electron chi connectivity index (χ4n) is 1.85. The molecule has 0 saturated carbocycles. The summed E-state index contributed by atoms with van der Waals surface area (Å²) in [7, 11) is 0. The minimum Gasteiger partial charge on any atom is -0.481 e. The van der Waals surface area contributed by atoms with E-state index in [4.69, 9.17) is 9.63 Å². The summed E-state index contributed by atoms with van der Waals surface area (Å²) in [6, 6.07) is 0. The molecule has 2 N–H and O–H groups in total. The van der Waals surface area contributed by atoms with Gasteiger partial charge in [-0.25, -0.2) is 0 Å². The highest BCUT2D eigenvalue weighted by Crippen LogP contribution is 2.15. The standard InChI is InChI=1S/C13H20N2O4/c1-5-10-11(8(4)19-15-10)12(16)14-6-9(7(2)3)13(17)18/h7,9H,5-6H2,1-4H3,(H,14,16)(H,17,18). The Morgan fingerprint density at radius 3 is 2.53 bits per heavy atom. The molecule has 1 aromatic rings. The van der Waals surface area contributed by atoms with Crippen LogP contribution in [0.25, 0.3) is 0 Å². The molecule has 0 aliphatic carbocycles. The lowest BCUT2D eigenvalue weighted by molar-refractivity contribution is -0.142. The van der Waals surface area contributed by atoms with Crippen LogP contribution in [0, 0.1) is 18.8 Å². The lowest BCUT2D eigenvalue weighted by Gasteiger charge is -2.16. The molecule has 0 fully saturated rings. The quantitative estimate of drug-likeness (QED) is 0.818. The van der Waals surface area contributed by atoms with Crippen LogP contribution >= 0.6 is 0 Å². The highest BCUT2D eigenvalue weighted by atomic mass is 16.5. The topological polar surface area (TPSA) is 92.4 Å². The van der Waals surface area contributed by atoms with Crippen molar-refractivity contribution in [2.75, 3.05) is 6.54 Å². The summed E-state index contributed by atoms with van der Waals surface area (Å²) in [6.45, 7) is 7.26. The van der Waals surface area contributed by atoms with E-state index in [0.717, 1.165) is 0 Å². The van der Waals surface area contributed by atoms with Crippen molar-refractivity contribution in [2.24, 2.45) is 11.8 Å². The molecule has 1 unspecified atom stereocenters. The average molecular weight is 268 g/mol. The van der Waals surface area contributed by atoms with Gasteiger partial charge < -0.3 is 14.9 Å². The minimum absolute atomic E-state index is 0.0491. The SMILES string of the molecule is CCc1noc(C)c1C(=O)NCC(C(=O)O)C(C)C. The third-order valence-electron chi connectivity index (χ3n) is 3.10. The molecule has 0 aliphatic rings. The summed E-state index contributed by atoms with van der Waals surface area (Å²) >= 11 is 0. The fourth-order valence-corrected chi connectivity index (χ4v) is 1.85.